The molecule has 0 N–H and O–H groups in total. The Morgan fingerprint density at radius 2 is 2.25 bits per heavy atom. The maximum Gasteiger partial charge on any atom is 0.348 e. The number of thiophene rings is 1. The van der Waals surface area contributed by atoms with E-state index in [0.29, 0.717) is 16.5 Å². The number of fused-ring (bicyclic) bond motifs is 1. The molecule has 0 bridgehead atoms. The molecular formula is C11H8BrClO2S. The van der Waals surface area contributed by atoms with Gasteiger partial charge in [-0.3, -0.25) is 0 Å². The van der Waals surface area contributed by atoms with Crippen molar-refractivity contribution in [1.82, 2.24) is 0 Å². The Kier molecular flexibility index (Phi) is 3.52. The first-order chi connectivity index (χ1) is 7.61. The summed E-state index contributed by atoms with van der Waals surface area (Å²) in [7, 11) is 0. The predicted octanol–water partition coefficient (Wildman–Crippen LogP) is 4.49. The Labute approximate surface area is 110 Å². The number of rotatable bonds is 2. The third kappa shape index (κ3) is 2.24. The van der Waals surface area contributed by atoms with Gasteiger partial charge in [0.15, 0.2) is 0 Å². The van der Waals surface area contributed by atoms with Gasteiger partial charge < -0.3 is 4.74 Å². The zero-order valence-corrected chi connectivity index (χ0v) is 11.6. The highest BCUT2D eigenvalue weighted by Crippen LogP contribution is 2.33. The molecule has 2 rings (SSSR count). The molecule has 0 radical (unpaired) electrons. The van der Waals surface area contributed by atoms with Crippen LogP contribution >= 0.6 is 38.9 Å². The molecule has 0 aliphatic carbocycles. The third-order valence-electron chi connectivity index (χ3n) is 2.04. The number of carbonyl (C=O) groups is 1. The first-order valence-corrected chi connectivity index (χ1v) is 6.66. The molecule has 0 saturated carbocycles. The normalized spacial score (nSPS) is 10.7. The van der Waals surface area contributed by atoms with Crippen molar-refractivity contribution in [3.05, 3.63) is 32.6 Å². The van der Waals surface area contributed by atoms with Crippen LogP contribution in [0.1, 0.15) is 16.6 Å². The van der Waals surface area contributed by atoms with E-state index in [1.807, 2.05) is 12.1 Å². The molecule has 84 valence electrons. The largest absolute Gasteiger partial charge is 0.462 e. The Morgan fingerprint density at radius 3 is 2.94 bits per heavy atom. The maximum absolute atomic E-state index is 11.5. The Bertz CT molecular complexity index is 511. The zero-order chi connectivity index (χ0) is 11.7. The highest BCUT2D eigenvalue weighted by Gasteiger charge is 2.12. The summed E-state index contributed by atoms with van der Waals surface area (Å²) in [5, 5.41) is 1.60. The highest BCUT2D eigenvalue weighted by molar-refractivity contribution is 9.10. The molecule has 16 heavy (non-hydrogen) atoms. The molecule has 1 aromatic heterocycles. The van der Waals surface area contributed by atoms with Gasteiger partial charge in [-0.15, -0.1) is 11.3 Å². The van der Waals surface area contributed by atoms with Gasteiger partial charge in [0, 0.05) is 9.17 Å². The van der Waals surface area contributed by atoms with Gasteiger partial charge in [0.1, 0.15) is 4.88 Å². The molecule has 0 aliphatic rings. The molecule has 0 spiro atoms. The highest BCUT2D eigenvalue weighted by atomic mass is 79.9. The summed E-state index contributed by atoms with van der Waals surface area (Å²) < 4.78 is 6.79. The van der Waals surface area contributed by atoms with Crippen molar-refractivity contribution in [1.29, 1.82) is 0 Å². The molecular weight excluding hydrogens is 312 g/mol. The van der Waals surface area contributed by atoms with Crippen LogP contribution in [-0.4, -0.2) is 12.6 Å². The van der Waals surface area contributed by atoms with Crippen molar-refractivity contribution in [3.63, 3.8) is 0 Å². The van der Waals surface area contributed by atoms with Gasteiger partial charge in [0.25, 0.3) is 0 Å². The van der Waals surface area contributed by atoms with E-state index in [0.717, 1.165) is 14.6 Å². The topological polar surface area (TPSA) is 26.3 Å². The van der Waals surface area contributed by atoms with Gasteiger partial charge in [0.05, 0.1) is 11.6 Å². The SMILES string of the molecule is CCOC(=O)c1cc2cc(Cl)c(Br)cc2s1. The summed E-state index contributed by atoms with van der Waals surface area (Å²) in [5.41, 5.74) is 0. The van der Waals surface area contributed by atoms with Crippen LogP contribution in [0, 0.1) is 0 Å². The first kappa shape index (κ1) is 11.9. The van der Waals surface area contributed by atoms with Crippen LogP contribution in [0.15, 0.2) is 22.7 Å². The fourth-order valence-corrected chi connectivity index (χ4v) is 2.98. The third-order valence-corrected chi connectivity index (χ3v) is 4.31. The van der Waals surface area contributed by atoms with Gasteiger partial charge >= 0.3 is 5.97 Å². The lowest BCUT2D eigenvalue weighted by atomic mass is 10.2. The number of hydrogen-bond acceptors (Lipinski definition) is 3. The molecule has 0 unspecified atom stereocenters. The lowest BCUT2D eigenvalue weighted by Crippen LogP contribution is -2.01. The minimum Gasteiger partial charge on any atom is -0.462 e. The van der Waals surface area contributed by atoms with Crippen molar-refractivity contribution in [2.75, 3.05) is 6.61 Å². The van der Waals surface area contributed by atoms with E-state index in [-0.39, 0.29) is 5.97 Å². The van der Waals surface area contributed by atoms with Crippen LogP contribution in [0.25, 0.3) is 10.1 Å². The molecule has 2 nitrogen and oxygen atoms in total. The molecule has 1 heterocycles. The number of ether oxygens (including phenoxy) is 1. The predicted molar refractivity (Wildman–Crippen MR) is 70.5 cm³/mol. The van der Waals surface area contributed by atoms with Crippen LogP contribution in [0.5, 0.6) is 0 Å². The summed E-state index contributed by atoms with van der Waals surface area (Å²) in [6.07, 6.45) is 0. The second kappa shape index (κ2) is 4.73. The summed E-state index contributed by atoms with van der Waals surface area (Å²) in [6.45, 7) is 2.18. The van der Waals surface area contributed by atoms with Gasteiger partial charge in [0.2, 0.25) is 0 Å². The summed E-state index contributed by atoms with van der Waals surface area (Å²) in [6, 6.07) is 5.54. The van der Waals surface area contributed by atoms with Crippen molar-refractivity contribution in [3.8, 4) is 0 Å². The van der Waals surface area contributed by atoms with Gasteiger partial charge in [-0.1, -0.05) is 11.6 Å². The fourth-order valence-electron chi connectivity index (χ4n) is 1.34. The lowest BCUT2D eigenvalue weighted by Gasteiger charge is -1.95. The first-order valence-electron chi connectivity index (χ1n) is 4.67. The molecule has 0 saturated heterocycles. The Hall–Kier alpha value is -0.580. The number of hydrogen-bond donors (Lipinski definition) is 0. The molecule has 0 atom stereocenters. The zero-order valence-electron chi connectivity index (χ0n) is 8.42. The number of esters is 1. The fraction of sp³-hybridized carbons (Fsp3) is 0.182. The van der Waals surface area contributed by atoms with Crippen molar-refractivity contribution < 1.29 is 9.53 Å². The van der Waals surface area contributed by atoms with E-state index in [1.54, 1.807) is 13.0 Å². The standard InChI is InChI=1S/C11H8BrClO2S/c1-2-15-11(14)10-4-6-3-8(13)7(12)5-9(6)16-10/h3-5H,2H2,1H3. The van der Waals surface area contributed by atoms with Crippen LogP contribution in [-0.2, 0) is 4.74 Å². The summed E-state index contributed by atoms with van der Waals surface area (Å²) >= 11 is 10.7. The van der Waals surface area contributed by atoms with Crippen molar-refractivity contribution in [2.24, 2.45) is 0 Å². The second-order valence-electron chi connectivity index (χ2n) is 3.14. The van der Waals surface area contributed by atoms with Crippen LogP contribution in [0.2, 0.25) is 5.02 Å². The van der Waals surface area contributed by atoms with E-state index in [1.165, 1.54) is 11.3 Å². The van der Waals surface area contributed by atoms with E-state index < -0.39 is 0 Å². The van der Waals surface area contributed by atoms with Crippen LogP contribution < -0.4 is 0 Å². The number of carbonyl (C=O) groups excluding carboxylic acids is 1. The molecule has 0 fully saturated rings. The minimum atomic E-state index is -0.282. The van der Waals surface area contributed by atoms with Gasteiger partial charge in [-0.05, 0) is 46.4 Å². The molecule has 5 heteroatoms. The molecule has 1 aromatic carbocycles. The quantitative estimate of drug-likeness (QED) is 0.762. The van der Waals surface area contributed by atoms with Crippen LogP contribution in [0.3, 0.4) is 0 Å². The average molecular weight is 320 g/mol. The average Bonchev–Trinajstić information content (AvgIpc) is 2.62. The smallest absolute Gasteiger partial charge is 0.348 e. The van der Waals surface area contributed by atoms with Crippen molar-refractivity contribution >= 4 is 54.9 Å². The van der Waals surface area contributed by atoms with Crippen molar-refractivity contribution in [2.45, 2.75) is 6.92 Å². The molecule has 2 aromatic rings. The van der Waals surface area contributed by atoms with Crippen LogP contribution in [0.4, 0.5) is 0 Å². The monoisotopic (exact) mass is 318 g/mol. The Morgan fingerprint density at radius 1 is 1.50 bits per heavy atom. The molecule has 0 aliphatic heterocycles. The molecule has 0 amide bonds. The lowest BCUT2D eigenvalue weighted by molar-refractivity contribution is 0.0532. The summed E-state index contributed by atoms with van der Waals surface area (Å²) in [4.78, 5) is 12.1. The van der Waals surface area contributed by atoms with Gasteiger partial charge in [-0.2, -0.15) is 0 Å². The van der Waals surface area contributed by atoms with E-state index >= 15 is 0 Å². The second-order valence-corrected chi connectivity index (χ2v) is 5.48. The van der Waals surface area contributed by atoms with E-state index in [2.05, 4.69) is 15.9 Å². The van der Waals surface area contributed by atoms with E-state index in [4.69, 9.17) is 16.3 Å². The summed E-state index contributed by atoms with van der Waals surface area (Å²) in [5.74, 6) is -0.282. The number of benzene rings is 1. The van der Waals surface area contributed by atoms with E-state index in [9.17, 15) is 4.79 Å². The number of halogens is 2. The van der Waals surface area contributed by atoms with Gasteiger partial charge in [-0.25, -0.2) is 4.79 Å². The maximum atomic E-state index is 11.5. The minimum absolute atomic E-state index is 0.282. The Balaban J connectivity index is 2.48.